The molecule has 2 heterocycles. The van der Waals surface area contributed by atoms with Crippen molar-refractivity contribution >= 4 is 5.91 Å². The van der Waals surface area contributed by atoms with Gasteiger partial charge < -0.3 is 19.2 Å². The molecule has 5 nitrogen and oxygen atoms in total. The van der Waals surface area contributed by atoms with E-state index in [1.165, 1.54) is 0 Å². The molecular formula is C16H23NO4. The van der Waals surface area contributed by atoms with Crippen LogP contribution in [0.15, 0.2) is 22.8 Å². The lowest BCUT2D eigenvalue weighted by Gasteiger charge is -2.36. The number of ether oxygens (including phenoxy) is 1. The highest BCUT2D eigenvalue weighted by atomic mass is 16.5. The minimum Gasteiger partial charge on any atom is -0.467 e. The Morgan fingerprint density at radius 3 is 2.90 bits per heavy atom. The molecule has 1 aromatic heterocycles. The summed E-state index contributed by atoms with van der Waals surface area (Å²) < 4.78 is 11.0. The minimum atomic E-state index is -0.798. The molecule has 1 aliphatic carbocycles. The van der Waals surface area contributed by atoms with Crippen molar-refractivity contribution in [3.8, 4) is 0 Å². The molecule has 2 aliphatic rings. The number of rotatable bonds is 3. The van der Waals surface area contributed by atoms with E-state index in [9.17, 15) is 9.90 Å². The lowest BCUT2D eigenvalue weighted by Crippen LogP contribution is -2.46. The molecule has 0 bridgehead atoms. The molecule has 2 fully saturated rings. The first kappa shape index (κ1) is 14.6. The van der Waals surface area contributed by atoms with Gasteiger partial charge in [-0.2, -0.15) is 0 Å². The van der Waals surface area contributed by atoms with Gasteiger partial charge in [-0.15, -0.1) is 0 Å². The first-order valence-electron chi connectivity index (χ1n) is 7.81. The summed E-state index contributed by atoms with van der Waals surface area (Å²) in [6.07, 6.45) is 6.33. The average molecular weight is 293 g/mol. The molecule has 1 unspecified atom stereocenters. The Labute approximate surface area is 124 Å². The van der Waals surface area contributed by atoms with Gasteiger partial charge >= 0.3 is 0 Å². The highest BCUT2D eigenvalue weighted by Crippen LogP contribution is 2.32. The molecule has 1 saturated carbocycles. The van der Waals surface area contributed by atoms with Crippen LogP contribution in [0.25, 0.3) is 0 Å². The van der Waals surface area contributed by atoms with Crippen molar-refractivity contribution in [3.05, 3.63) is 24.2 Å². The van der Waals surface area contributed by atoms with Crippen molar-refractivity contribution in [3.63, 3.8) is 0 Å². The van der Waals surface area contributed by atoms with E-state index in [1.807, 2.05) is 12.1 Å². The third kappa shape index (κ3) is 3.47. The molecule has 0 aromatic carbocycles. The standard InChI is InChI=1S/C16H23NO4/c18-15(11-16(19)6-2-1-3-7-16)17-8-10-21-14(12-17)13-5-4-9-20-13/h4-5,9,14,19H,1-3,6-8,10-12H2. The molecule has 1 aromatic rings. The van der Waals surface area contributed by atoms with Gasteiger partial charge in [-0.25, -0.2) is 0 Å². The number of morpholine rings is 1. The molecule has 1 amide bonds. The second kappa shape index (κ2) is 6.20. The summed E-state index contributed by atoms with van der Waals surface area (Å²) in [7, 11) is 0. The Bertz CT molecular complexity index is 465. The fourth-order valence-electron chi connectivity index (χ4n) is 3.30. The van der Waals surface area contributed by atoms with Crippen molar-refractivity contribution in [2.24, 2.45) is 0 Å². The summed E-state index contributed by atoms with van der Waals surface area (Å²) >= 11 is 0. The van der Waals surface area contributed by atoms with E-state index in [-0.39, 0.29) is 18.4 Å². The minimum absolute atomic E-state index is 0.0271. The largest absolute Gasteiger partial charge is 0.467 e. The van der Waals surface area contributed by atoms with Crippen molar-refractivity contribution in [1.29, 1.82) is 0 Å². The summed E-state index contributed by atoms with van der Waals surface area (Å²) in [5.74, 6) is 0.781. The second-order valence-corrected chi connectivity index (χ2v) is 6.18. The zero-order chi connectivity index (χ0) is 14.7. The Morgan fingerprint density at radius 2 is 2.19 bits per heavy atom. The second-order valence-electron chi connectivity index (χ2n) is 6.18. The van der Waals surface area contributed by atoms with Gasteiger partial charge in [-0.1, -0.05) is 19.3 Å². The van der Waals surface area contributed by atoms with Gasteiger partial charge in [-0.3, -0.25) is 4.79 Å². The summed E-state index contributed by atoms with van der Waals surface area (Å²) in [5, 5.41) is 10.5. The van der Waals surface area contributed by atoms with Crippen molar-refractivity contribution < 1.29 is 19.1 Å². The van der Waals surface area contributed by atoms with Crippen LogP contribution in [0.4, 0.5) is 0 Å². The topological polar surface area (TPSA) is 62.9 Å². The van der Waals surface area contributed by atoms with Crippen LogP contribution < -0.4 is 0 Å². The van der Waals surface area contributed by atoms with E-state index in [4.69, 9.17) is 9.15 Å². The van der Waals surface area contributed by atoms with Gasteiger partial charge in [-0.05, 0) is 25.0 Å². The number of nitrogens with zero attached hydrogens (tertiary/aromatic N) is 1. The Kier molecular flexibility index (Phi) is 4.31. The SMILES string of the molecule is O=C(CC1(O)CCCCC1)N1CCOC(c2ccco2)C1. The van der Waals surface area contributed by atoms with Crippen molar-refractivity contribution in [1.82, 2.24) is 4.90 Å². The lowest BCUT2D eigenvalue weighted by atomic mass is 9.82. The number of amides is 1. The van der Waals surface area contributed by atoms with Gasteiger partial charge in [0, 0.05) is 6.54 Å². The maximum atomic E-state index is 12.5. The maximum Gasteiger partial charge on any atom is 0.225 e. The molecule has 1 aliphatic heterocycles. The monoisotopic (exact) mass is 293 g/mol. The number of hydrogen-bond donors (Lipinski definition) is 1. The summed E-state index contributed by atoms with van der Waals surface area (Å²) in [4.78, 5) is 14.3. The molecule has 0 radical (unpaired) electrons. The van der Waals surface area contributed by atoms with Crippen LogP contribution in [0.5, 0.6) is 0 Å². The molecule has 3 rings (SSSR count). The number of aliphatic hydroxyl groups is 1. The summed E-state index contributed by atoms with van der Waals surface area (Å²) in [5.41, 5.74) is -0.798. The number of furan rings is 1. The normalized spacial score (nSPS) is 25.8. The third-order valence-corrected chi connectivity index (χ3v) is 4.54. The van der Waals surface area contributed by atoms with Crippen molar-refractivity contribution in [2.75, 3.05) is 19.7 Å². The molecule has 1 N–H and O–H groups in total. The molecule has 116 valence electrons. The van der Waals surface area contributed by atoms with Crippen LogP contribution in [-0.4, -0.2) is 41.2 Å². The predicted molar refractivity (Wildman–Crippen MR) is 76.6 cm³/mol. The van der Waals surface area contributed by atoms with Gasteiger partial charge in [0.1, 0.15) is 11.9 Å². The quantitative estimate of drug-likeness (QED) is 0.928. The van der Waals surface area contributed by atoms with E-state index in [0.717, 1.165) is 37.9 Å². The molecule has 1 saturated heterocycles. The van der Waals surface area contributed by atoms with E-state index in [2.05, 4.69) is 0 Å². The summed E-state index contributed by atoms with van der Waals surface area (Å²) in [6.45, 7) is 1.60. The van der Waals surface area contributed by atoms with Crippen LogP contribution >= 0.6 is 0 Å². The number of carbonyl (C=O) groups excluding carboxylic acids is 1. The van der Waals surface area contributed by atoms with E-state index in [0.29, 0.717) is 19.7 Å². The van der Waals surface area contributed by atoms with Crippen LogP contribution in [-0.2, 0) is 9.53 Å². The fourth-order valence-corrected chi connectivity index (χ4v) is 3.30. The molecule has 1 atom stereocenters. The maximum absolute atomic E-state index is 12.5. The molecule has 0 spiro atoms. The van der Waals surface area contributed by atoms with Crippen LogP contribution in [0.2, 0.25) is 0 Å². The van der Waals surface area contributed by atoms with E-state index >= 15 is 0 Å². The lowest BCUT2D eigenvalue weighted by molar-refractivity contribution is -0.146. The highest BCUT2D eigenvalue weighted by Gasteiger charge is 2.35. The highest BCUT2D eigenvalue weighted by molar-refractivity contribution is 5.77. The third-order valence-electron chi connectivity index (χ3n) is 4.54. The van der Waals surface area contributed by atoms with Crippen molar-refractivity contribution in [2.45, 2.75) is 50.2 Å². The number of hydrogen-bond acceptors (Lipinski definition) is 4. The van der Waals surface area contributed by atoms with Gasteiger partial charge in [0.05, 0.1) is 31.4 Å². The predicted octanol–water partition coefficient (Wildman–Crippen LogP) is 2.26. The summed E-state index contributed by atoms with van der Waals surface area (Å²) in [6, 6.07) is 3.69. The first-order valence-corrected chi connectivity index (χ1v) is 7.81. The average Bonchev–Trinajstić information content (AvgIpc) is 3.02. The van der Waals surface area contributed by atoms with Crippen LogP contribution in [0, 0.1) is 0 Å². The fraction of sp³-hybridized carbons (Fsp3) is 0.688. The van der Waals surface area contributed by atoms with Gasteiger partial charge in [0.15, 0.2) is 0 Å². The van der Waals surface area contributed by atoms with E-state index < -0.39 is 5.60 Å². The Hall–Kier alpha value is -1.33. The smallest absolute Gasteiger partial charge is 0.225 e. The van der Waals surface area contributed by atoms with Crippen LogP contribution in [0.3, 0.4) is 0 Å². The zero-order valence-corrected chi connectivity index (χ0v) is 12.3. The molecular weight excluding hydrogens is 270 g/mol. The molecule has 21 heavy (non-hydrogen) atoms. The van der Waals surface area contributed by atoms with Crippen LogP contribution in [0.1, 0.15) is 50.4 Å². The van der Waals surface area contributed by atoms with Gasteiger partial charge in [0.25, 0.3) is 0 Å². The first-order chi connectivity index (χ1) is 10.2. The number of carbonyl (C=O) groups is 1. The molecule has 5 heteroatoms. The van der Waals surface area contributed by atoms with Gasteiger partial charge in [0.2, 0.25) is 5.91 Å². The Morgan fingerprint density at radius 1 is 1.38 bits per heavy atom. The van der Waals surface area contributed by atoms with E-state index in [1.54, 1.807) is 11.2 Å². The zero-order valence-electron chi connectivity index (χ0n) is 12.3. The Balaban J connectivity index is 1.59.